The van der Waals surface area contributed by atoms with Gasteiger partial charge in [0.15, 0.2) is 12.2 Å². The zero-order chi connectivity index (χ0) is 44.3. The summed E-state index contributed by atoms with van der Waals surface area (Å²) in [6, 6.07) is 2.20. The summed E-state index contributed by atoms with van der Waals surface area (Å²) in [5.74, 6) is 1.26. The zero-order valence-electron chi connectivity index (χ0n) is 37.6. The Hall–Kier alpha value is -3.51. The first-order valence-electron chi connectivity index (χ1n) is 22.0. The van der Waals surface area contributed by atoms with E-state index in [0.29, 0.717) is 25.2 Å². The maximum Gasteiger partial charge on any atom is 0.197 e. The second-order valence-corrected chi connectivity index (χ2v) is 17.8. The molecule has 0 amide bonds. The van der Waals surface area contributed by atoms with Crippen LogP contribution >= 0.6 is 0 Å². The summed E-state index contributed by atoms with van der Waals surface area (Å²) in [5, 5.41) is 30.8. The zero-order valence-corrected chi connectivity index (χ0v) is 37.6. The van der Waals surface area contributed by atoms with Gasteiger partial charge in [-0.3, -0.25) is 0 Å². The van der Waals surface area contributed by atoms with Crippen molar-refractivity contribution in [3.8, 4) is 6.07 Å². The van der Waals surface area contributed by atoms with Gasteiger partial charge in [-0.2, -0.15) is 5.26 Å². The van der Waals surface area contributed by atoms with Crippen LogP contribution in [0.2, 0.25) is 0 Å². The predicted octanol–water partition coefficient (Wildman–Crippen LogP) is 7.77. The molecule has 2 aliphatic carbocycles. The molecule has 2 aliphatic heterocycles. The number of ether oxygens (including phenoxy) is 6. The third kappa shape index (κ3) is 11.9. The number of hydrogen-bond acceptors (Lipinski definition) is 12. The molecule has 2 fully saturated rings. The van der Waals surface area contributed by atoms with E-state index in [9.17, 15) is 15.0 Å². The van der Waals surface area contributed by atoms with Crippen LogP contribution in [0.4, 0.5) is 0 Å². The van der Waals surface area contributed by atoms with Crippen molar-refractivity contribution >= 4 is 12.4 Å². The molecular weight excluding hydrogens is 777 g/mol. The molecule has 1 saturated carbocycles. The number of aromatic nitrogens is 1. The van der Waals surface area contributed by atoms with Gasteiger partial charge in [0, 0.05) is 63.8 Å². The molecule has 15 unspecified atom stereocenters. The first-order valence-corrected chi connectivity index (χ1v) is 22.0. The van der Waals surface area contributed by atoms with Crippen molar-refractivity contribution in [2.45, 2.75) is 135 Å². The number of aldehydes is 1. The van der Waals surface area contributed by atoms with E-state index in [4.69, 9.17) is 43.1 Å². The van der Waals surface area contributed by atoms with Crippen LogP contribution in [0.3, 0.4) is 0 Å². The minimum atomic E-state index is -1.22. The van der Waals surface area contributed by atoms with Crippen molar-refractivity contribution in [3.05, 3.63) is 83.2 Å². The molecule has 1 aromatic heterocycles. The summed E-state index contributed by atoms with van der Waals surface area (Å²) in [6.45, 7) is 13.0. The quantitative estimate of drug-likeness (QED) is 0.113. The molecule has 4 aliphatic rings. The smallest absolute Gasteiger partial charge is 0.197 e. The van der Waals surface area contributed by atoms with Crippen LogP contribution in [0.1, 0.15) is 96.4 Å². The fourth-order valence-electron chi connectivity index (χ4n) is 9.45. The van der Waals surface area contributed by atoms with E-state index >= 15 is 0 Å². The number of aliphatic hydroxyl groups excluding tert-OH is 2. The van der Waals surface area contributed by atoms with E-state index in [1.807, 2.05) is 19.1 Å². The van der Waals surface area contributed by atoms with Crippen molar-refractivity contribution in [2.75, 3.05) is 34.5 Å². The van der Waals surface area contributed by atoms with Crippen LogP contribution in [0.5, 0.6) is 0 Å². The molecule has 336 valence electrons. The van der Waals surface area contributed by atoms with Gasteiger partial charge >= 0.3 is 0 Å². The molecule has 5 rings (SSSR count). The van der Waals surface area contributed by atoms with E-state index in [2.05, 4.69) is 89.3 Å². The molecule has 12 heteroatoms. The van der Waals surface area contributed by atoms with Gasteiger partial charge in [-0.15, -0.1) is 0 Å². The second kappa shape index (κ2) is 22.7. The Morgan fingerprint density at radius 3 is 2.57 bits per heavy atom. The molecule has 1 aromatic rings. The van der Waals surface area contributed by atoms with Crippen molar-refractivity contribution in [2.24, 2.45) is 35.0 Å². The highest BCUT2D eigenvalue weighted by molar-refractivity contribution is 5.54. The highest BCUT2D eigenvalue weighted by Gasteiger charge is 2.54. The van der Waals surface area contributed by atoms with Gasteiger partial charge in [-0.05, 0) is 63.9 Å². The maximum absolute atomic E-state index is 12.4. The lowest BCUT2D eigenvalue weighted by Crippen LogP contribution is -2.61. The number of oxazole rings is 1. The van der Waals surface area contributed by atoms with Gasteiger partial charge in [0.05, 0.1) is 37.6 Å². The summed E-state index contributed by atoms with van der Waals surface area (Å²) in [6.07, 6.45) is 20.8. The van der Waals surface area contributed by atoms with Gasteiger partial charge < -0.3 is 47.8 Å². The fraction of sp³-hybridized carbons (Fsp3) is 0.653. The monoisotopic (exact) mass is 847 g/mol. The Kier molecular flexibility index (Phi) is 18.1. The fourth-order valence-corrected chi connectivity index (χ4v) is 9.45. The minimum Gasteiger partial charge on any atom is -0.445 e. The first kappa shape index (κ1) is 48.5. The first-order chi connectivity index (χ1) is 29.3. The number of carbonyl (C=O) groups is 1. The Balaban J connectivity index is 1.45. The molecule has 1 saturated heterocycles. The number of unbranched alkanes of at least 4 members (excludes halogenated alkanes) is 1. The summed E-state index contributed by atoms with van der Waals surface area (Å²) in [4.78, 5) is 17.2. The number of nitrogens with zero attached hydrogens (tertiary/aromatic N) is 2. The highest BCUT2D eigenvalue weighted by atomic mass is 16.7. The molecule has 0 bridgehead atoms. The van der Waals surface area contributed by atoms with Gasteiger partial charge in [-0.1, -0.05) is 86.6 Å². The minimum absolute atomic E-state index is 0.00228. The van der Waals surface area contributed by atoms with Gasteiger partial charge in [0.1, 0.15) is 42.2 Å². The molecule has 12 nitrogen and oxygen atoms in total. The summed E-state index contributed by atoms with van der Waals surface area (Å²) < 4.78 is 42.7. The van der Waals surface area contributed by atoms with Crippen LogP contribution in [0.25, 0.3) is 6.08 Å². The Morgan fingerprint density at radius 1 is 1.10 bits per heavy atom. The van der Waals surface area contributed by atoms with E-state index in [0.717, 1.165) is 42.6 Å². The standard InChI is InChI=1S/C49H70N2O10/c1-30-17-18-35(27-52)28-58-40(20-19-39-34(5)59-47(51-39)32(3)15-12-13-23-50)31(2)14-10-11-16-36-24-33(4)43-38(49(36,6)22-21-30)25-37(56-8)26-41(43)60-48-46(57-9)45(54)44(53)42(61-48)29-55-7/h10-11,14,16-17,19-22,24,27,31-32,35-38,40-46,48,53-54H,12-13,15,18,25-26,28-29H2,1-9H3. The van der Waals surface area contributed by atoms with E-state index in [-0.39, 0.29) is 72.4 Å². The summed E-state index contributed by atoms with van der Waals surface area (Å²) in [7, 11) is 4.75. The van der Waals surface area contributed by atoms with E-state index in [1.165, 1.54) is 19.8 Å². The number of rotatable bonds is 13. The topological polar surface area (TPSA) is 163 Å². The lowest BCUT2D eigenvalue weighted by Gasteiger charge is -2.54. The molecule has 61 heavy (non-hydrogen) atoms. The molecule has 2 N–H and O–H groups in total. The Bertz CT molecular complexity index is 1810. The number of nitriles is 1. The molecule has 3 heterocycles. The average molecular weight is 847 g/mol. The number of allylic oxidation sites excluding steroid dienone is 8. The number of aliphatic hydroxyl groups is 2. The molecule has 0 aromatic carbocycles. The van der Waals surface area contributed by atoms with Gasteiger partial charge in [-0.25, -0.2) is 4.98 Å². The number of methoxy groups -OCH3 is 3. The van der Waals surface area contributed by atoms with E-state index in [1.54, 1.807) is 7.11 Å². The summed E-state index contributed by atoms with van der Waals surface area (Å²) in [5.41, 5.74) is 2.63. The maximum atomic E-state index is 12.4. The van der Waals surface area contributed by atoms with Crippen molar-refractivity contribution < 1.29 is 47.8 Å². The normalized spacial score (nSPS) is 36.7. The average Bonchev–Trinajstić information content (AvgIpc) is 3.62. The molecule has 0 radical (unpaired) electrons. The Labute approximate surface area is 363 Å². The van der Waals surface area contributed by atoms with Gasteiger partial charge in [0.25, 0.3) is 0 Å². The van der Waals surface area contributed by atoms with Crippen LogP contribution in [-0.4, -0.2) is 105 Å². The number of carbonyl (C=O) groups excluding carboxylic acids is 1. The largest absolute Gasteiger partial charge is 0.445 e. The van der Waals surface area contributed by atoms with Crippen LogP contribution < -0.4 is 0 Å². The molecule has 15 atom stereocenters. The SMILES string of the molecule is COCC1OC(OC2CC(OC)CC3C2C(C)=CC2C=CC=CC(C)C(C=Cc4nc(C(C)CCCC#N)oc4C)OCC(C=O)CC=C(C)C=CC23C)C(OC)C(O)C1O. The predicted molar refractivity (Wildman–Crippen MR) is 233 cm³/mol. The van der Waals surface area contributed by atoms with Crippen molar-refractivity contribution in [1.29, 1.82) is 5.26 Å². The lowest BCUT2D eigenvalue weighted by molar-refractivity contribution is -0.324. The lowest BCUT2D eigenvalue weighted by atomic mass is 9.53. The number of fused-ring (bicyclic) bond motifs is 3. The van der Waals surface area contributed by atoms with Crippen molar-refractivity contribution in [3.63, 3.8) is 0 Å². The molecular formula is C49H70N2O10. The highest BCUT2D eigenvalue weighted by Crippen LogP contribution is 2.56. The molecule has 0 spiro atoms. The number of hydrogen-bond donors (Lipinski definition) is 2. The van der Waals surface area contributed by atoms with Crippen molar-refractivity contribution in [1.82, 2.24) is 4.98 Å². The third-order valence-corrected chi connectivity index (χ3v) is 13.4. The van der Waals surface area contributed by atoms with Crippen LogP contribution in [0.15, 0.2) is 70.2 Å². The Morgan fingerprint density at radius 2 is 1.87 bits per heavy atom. The second-order valence-electron chi connectivity index (χ2n) is 17.8. The number of aryl methyl sites for hydroxylation is 1. The van der Waals surface area contributed by atoms with Crippen LogP contribution in [0, 0.1) is 53.3 Å². The third-order valence-electron chi connectivity index (χ3n) is 13.4. The van der Waals surface area contributed by atoms with Crippen LogP contribution in [-0.2, 0) is 33.2 Å². The summed E-state index contributed by atoms with van der Waals surface area (Å²) >= 11 is 0. The van der Waals surface area contributed by atoms with Gasteiger partial charge in [0.2, 0.25) is 0 Å². The van der Waals surface area contributed by atoms with E-state index < -0.39 is 30.7 Å².